The standard InChI is InChI=1S/C7H17N3OS/c1-2-3-4-11-5-6-12-7(8)10-9/h2-6,9H2,1H3,(H2,8,10). The van der Waals surface area contributed by atoms with Gasteiger partial charge in [-0.15, -0.1) is 0 Å². The van der Waals surface area contributed by atoms with Crippen molar-refractivity contribution in [1.29, 1.82) is 0 Å². The van der Waals surface area contributed by atoms with E-state index in [-0.39, 0.29) is 0 Å². The topological polar surface area (TPSA) is 73.6 Å². The number of hydrogen-bond acceptors (Lipinski definition) is 4. The first-order valence-corrected chi connectivity index (χ1v) is 5.03. The minimum absolute atomic E-state index is 0.411. The van der Waals surface area contributed by atoms with Crippen LogP contribution in [0.15, 0.2) is 5.10 Å². The molecular weight excluding hydrogens is 174 g/mol. The molecule has 72 valence electrons. The van der Waals surface area contributed by atoms with Crippen molar-refractivity contribution in [3.05, 3.63) is 0 Å². The summed E-state index contributed by atoms with van der Waals surface area (Å²) in [5, 5.41) is 3.74. The van der Waals surface area contributed by atoms with Crippen LogP contribution >= 0.6 is 11.8 Å². The fraction of sp³-hybridized carbons (Fsp3) is 0.857. The lowest BCUT2D eigenvalue weighted by atomic mass is 10.4. The van der Waals surface area contributed by atoms with Crippen molar-refractivity contribution in [3.8, 4) is 0 Å². The minimum atomic E-state index is 0.411. The van der Waals surface area contributed by atoms with Crippen molar-refractivity contribution < 1.29 is 4.74 Å². The highest BCUT2D eigenvalue weighted by atomic mass is 32.2. The van der Waals surface area contributed by atoms with Crippen LogP contribution in [0.1, 0.15) is 19.8 Å². The molecule has 0 aliphatic heterocycles. The summed E-state index contributed by atoms with van der Waals surface area (Å²) in [5.74, 6) is 5.75. The fourth-order valence-electron chi connectivity index (χ4n) is 0.591. The molecule has 0 unspecified atom stereocenters. The van der Waals surface area contributed by atoms with Gasteiger partial charge in [-0.05, 0) is 6.42 Å². The first kappa shape index (κ1) is 11.6. The molecule has 0 aromatic carbocycles. The van der Waals surface area contributed by atoms with E-state index in [0.717, 1.165) is 18.8 Å². The smallest absolute Gasteiger partial charge is 0.177 e. The number of nitrogens with zero attached hydrogens (tertiary/aromatic N) is 1. The summed E-state index contributed by atoms with van der Waals surface area (Å²) in [4.78, 5) is 0. The Bertz CT molecular complexity index is 130. The molecule has 0 spiro atoms. The van der Waals surface area contributed by atoms with Gasteiger partial charge in [-0.2, -0.15) is 5.10 Å². The molecular formula is C7H17N3OS. The third-order valence-corrected chi connectivity index (χ3v) is 2.02. The average molecular weight is 191 g/mol. The second-order valence-electron chi connectivity index (χ2n) is 2.28. The first-order valence-electron chi connectivity index (χ1n) is 4.05. The fourth-order valence-corrected chi connectivity index (χ4v) is 1.08. The van der Waals surface area contributed by atoms with Crippen LogP contribution in [-0.2, 0) is 4.74 Å². The maximum atomic E-state index is 5.35. The Morgan fingerprint density at radius 1 is 1.50 bits per heavy atom. The highest BCUT2D eigenvalue weighted by Gasteiger charge is 1.92. The summed E-state index contributed by atoms with van der Waals surface area (Å²) < 4.78 is 5.30. The molecule has 0 fully saturated rings. The van der Waals surface area contributed by atoms with Crippen molar-refractivity contribution in [2.24, 2.45) is 16.7 Å². The van der Waals surface area contributed by atoms with Gasteiger partial charge in [0, 0.05) is 12.4 Å². The van der Waals surface area contributed by atoms with E-state index in [2.05, 4.69) is 12.0 Å². The van der Waals surface area contributed by atoms with Crippen LogP contribution in [0.25, 0.3) is 0 Å². The van der Waals surface area contributed by atoms with Crippen molar-refractivity contribution in [3.63, 3.8) is 0 Å². The van der Waals surface area contributed by atoms with E-state index in [1.807, 2.05) is 0 Å². The molecule has 0 heterocycles. The lowest BCUT2D eigenvalue weighted by Gasteiger charge is -2.01. The van der Waals surface area contributed by atoms with E-state index in [9.17, 15) is 0 Å². The number of ether oxygens (including phenoxy) is 1. The molecule has 4 nitrogen and oxygen atoms in total. The zero-order chi connectivity index (χ0) is 9.23. The molecule has 0 aromatic rings. The highest BCUT2D eigenvalue weighted by Crippen LogP contribution is 1.98. The van der Waals surface area contributed by atoms with E-state index >= 15 is 0 Å². The van der Waals surface area contributed by atoms with Crippen LogP contribution in [0.4, 0.5) is 0 Å². The predicted octanol–water partition coefficient (Wildman–Crippen LogP) is 0.725. The number of amidine groups is 1. The molecule has 0 aliphatic rings. The lowest BCUT2D eigenvalue weighted by Crippen LogP contribution is -2.11. The third-order valence-electron chi connectivity index (χ3n) is 1.25. The zero-order valence-corrected chi connectivity index (χ0v) is 8.27. The highest BCUT2D eigenvalue weighted by molar-refractivity contribution is 8.13. The van der Waals surface area contributed by atoms with Crippen LogP contribution in [-0.4, -0.2) is 24.1 Å². The molecule has 0 saturated heterocycles. The van der Waals surface area contributed by atoms with Crippen LogP contribution in [0.2, 0.25) is 0 Å². The Labute approximate surface area is 77.7 Å². The van der Waals surface area contributed by atoms with E-state index < -0.39 is 0 Å². The summed E-state index contributed by atoms with van der Waals surface area (Å²) in [6.45, 7) is 3.68. The second-order valence-corrected chi connectivity index (χ2v) is 3.40. The van der Waals surface area contributed by atoms with Crippen molar-refractivity contribution in [2.45, 2.75) is 19.8 Å². The number of nitrogens with two attached hydrogens (primary N) is 2. The van der Waals surface area contributed by atoms with E-state index in [1.165, 1.54) is 18.2 Å². The van der Waals surface area contributed by atoms with Gasteiger partial charge in [-0.25, -0.2) is 0 Å². The lowest BCUT2D eigenvalue weighted by molar-refractivity contribution is 0.147. The molecule has 0 saturated carbocycles. The number of rotatable bonds is 6. The molecule has 12 heavy (non-hydrogen) atoms. The predicted molar refractivity (Wildman–Crippen MR) is 54.0 cm³/mol. The molecule has 4 N–H and O–H groups in total. The van der Waals surface area contributed by atoms with Gasteiger partial charge >= 0.3 is 0 Å². The van der Waals surface area contributed by atoms with Crippen LogP contribution in [0, 0.1) is 0 Å². The molecule has 0 aliphatic carbocycles. The van der Waals surface area contributed by atoms with Crippen molar-refractivity contribution in [2.75, 3.05) is 19.0 Å². The Hall–Kier alpha value is -0.420. The number of hydrogen-bond donors (Lipinski definition) is 2. The van der Waals surface area contributed by atoms with Gasteiger partial charge in [0.2, 0.25) is 0 Å². The Balaban J connectivity index is 3.00. The van der Waals surface area contributed by atoms with Gasteiger partial charge in [0.1, 0.15) is 0 Å². The van der Waals surface area contributed by atoms with Gasteiger partial charge in [-0.1, -0.05) is 25.1 Å². The monoisotopic (exact) mass is 191 g/mol. The summed E-state index contributed by atoms with van der Waals surface area (Å²) in [5.41, 5.74) is 5.35. The molecule has 0 amide bonds. The SMILES string of the molecule is CCCCOCCSC(N)=NN. The number of hydrazone groups is 1. The molecule has 0 atom stereocenters. The number of thioether (sulfide) groups is 1. The van der Waals surface area contributed by atoms with E-state index in [0.29, 0.717) is 11.8 Å². The van der Waals surface area contributed by atoms with Gasteiger partial charge in [0.05, 0.1) is 6.61 Å². The van der Waals surface area contributed by atoms with Crippen LogP contribution in [0.5, 0.6) is 0 Å². The normalized spacial score (nSPS) is 11.9. The van der Waals surface area contributed by atoms with Gasteiger partial charge < -0.3 is 16.3 Å². The average Bonchev–Trinajstić information content (AvgIpc) is 2.10. The zero-order valence-electron chi connectivity index (χ0n) is 7.45. The summed E-state index contributed by atoms with van der Waals surface area (Å²) in [6, 6.07) is 0. The maximum absolute atomic E-state index is 5.35. The van der Waals surface area contributed by atoms with Gasteiger partial charge in [0.15, 0.2) is 5.17 Å². The Morgan fingerprint density at radius 3 is 2.83 bits per heavy atom. The first-order chi connectivity index (χ1) is 5.81. The summed E-state index contributed by atoms with van der Waals surface area (Å²) >= 11 is 1.41. The summed E-state index contributed by atoms with van der Waals surface area (Å²) in [6.07, 6.45) is 2.28. The largest absolute Gasteiger partial charge is 0.381 e. The van der Waals surface area contributed by atoms with Crippen LogP contribution in [0.3, 0.4) is 0 Å². The Morgan fingerprint density at radius 2 is 2.25 bits per heavy atom. The quantitative estimate of drug-likeness (QED) is 0.213. The third kappa shape index (κ3) is 7.68. The molecule has 5 heteroatoms. The molecule has 0 aromatic heterocycles. The maximum Gasteiger partial charge on any atom is 0.177 e. The van der Waals surface area contributed by atoms with E-state index in [1.54, 1.807) is 0 Å². The van der Waals surface area contributed by atoms with Crippen molar-refractivity contribution >= 4 is 16.9 Å². The van der Waals surface area contributed by atoms with Crippen LogP contribution < -0.4 is 11.6 Å². The van der Waals surface area contributed by atoms with Gasteiger partial charge in [-0.3, -0.25) is 0 Å². The molecule has 0 bridgehead atoms. The number of unbranched alkanes of at least 4 members (excludes halogenated alkanes) is 1. The minimum Gasteiger partial charge on any atom is -0.381 e. The Kier molecular flexibility index (Phi) is 8.37. The second kappa shape index (κ2) is 8.67. The molecule has 0 rings (SSSR count). The van der Waals surface area contributed by atoms with Crippen molar-refractivity contribution in [1.82, 2.24) is 0 Å². The molecule has 0 radical (unpaired) electrons. The van der Waals surface area contributed by atoms with E-state index in [4.69, 9.17) is 16.3 Å². The van der Waals surface area contributed by atoms with Gasteiger partial charge in [0.25, 0.3) is 0 Å². The summed E-state index contributed by atoms with van der Waals surface area (Å²) in [7, 11) is 0.